The van der Waals surface area contributed by atoms with Crippen LogP contribution >= 0.6 is 11.3 Å². The maximum atomic E-state index is 12.9. The molecule has 1 atom stereocenters. The summed E-state index contributed by atoms with van der Waals surface area (Å²) in [7, 11) is -3.75. The van der Waals surface area contributed by atoms with Crippen LogP contribution < -0.4 is 0 Å². The lowest BCUT2D eigenvalue weighted by Crippen LogP contribution is -2.39. The predicted molar refractivity (Wildman–Crippen MR) is 107 cm³/mol. The molecule has 0 N–H and O–H groups in total. The zero-order valence-electron chi connectivity index (χ0n) is 16.1. The second-order valence-electron chi connectivity index (χ2n) is 6.46. The Morgan fingerprint density at radius 2 is 1.97 bits per heavy atom. The molecular weight excluding hydrogens is 441 g/mol. The summed E-state index contributed by atoms with van der Waals surface area (Å²) in [5.74, 6) is -2.25. The molecule has 0 aliphatic rings. The maximum Gasteiger partial charge on any atom is 0.490 e. The quantitative estimate of drug-likeness (QED) is 0.390. The van der Waals surface area contributed by atoms with Gasteiger partial charge in [0.25, 0.3) is 10.0 Å². The van der Waals surface area contributed by atoms with Crippen LogP contribution in [0.2, 0.25) is 0 Å². The summed E-state index contributed by atoms with van der Waals surface area (Å²) in [6, 6.07) is 9.91. The third kappa shape index (κ3) is 4.37. The molecule has 3 rings (SSSR count). The molecule has 1 aromatic carbocycles. The molecule has 0 spiro atoms. The number of aromatic nitrogens is 1. The van der Waals surface area contributed by atoms with Crippen molar-refractivity contribution in [3.8, 4) is 0 Å². The zero-order valence-corrected chi connectivity index (χ0v) is 17.7. The fraction of sp³-hybridized carbons (Fsp3) is 0.316. The molecule has 0 bridgehead atoms. The van der Waals surface area contributed by atoms with Crippen LogP contribution in [0.3, 0.4) is 0 Å². The number of halogens is 3. The van der Waals surface area contributed by atoms with E-state index in [9.17, 15) is 26.4 Å². The van der Waals surface area contributed by atoms with E-state index in [1.807, 2.05) is 0 Å². The highest BCUT2D eigenvalue weighted by molar-refractivity contribution is 7.92. The largest absolute Gasteiger partial charge is 0.490 e. The monoisotopic (exact) mass is 460 g/mol. The fourth-order valence-corrected chi connectivity index (χ4v) is 5.50. The molecule has 0 saturated heterocycles. The lowest BCUT2D eigenvalue weighted by Gasteiger charge is -2.28. The Hall–Kier alpha value is -2.37. The van der Waals surface area contributed by atoms with Crippen molar-refractivity contribution in [2.75, 3.05) is 6.54 Å². The Morgan fingerprint density at radius 1 is 1.23 bits per heavy atom. The molecule has 11 heteroatoms. The van der Waals surface area contributed by atoms with Gasteiger partial charge in [0.05, 0.1) is 5.52 Å². The maximum absolute atomic E-state index is 12.9. The highest BCUT2D eigenvalue weighted by Crippen LogP contribution is 2.28. The lowest BCUT2D eigenvalue weighted by atomic mass is 10.1. The van der Waals surface area contributed by atoms with E-state index in [1.54, 1.807) is 47.5 Å². The van der Waals surface area contributed by atoms with Crippen molar-refractivity contribution in [1.82, 2.24) is 8.87 Å². The van der Waals surface area contributed by atoms with Crippen molar-refractivity contribution >= 4 is 38.2 Å². The number of hydrogen-bond acceptors (Lipinski definition) is 6. The van der Waals surface area contributed by atoms with Crippen LogP contribution in [0.1, 0.15) is 19.4 Å². The van der Waals surface area contributed by atoms with Crippen LogP contribution in [0, 0.1) is 0 Å². The third-order valence-electron chi connectivity index (χ3n) is 4.60. The normalized spacial score (nSPS) is 13.7. The highest BCUT2D eigenvalue weighted by Gasteiger charge is 2.42. The minimum absolute atomic E-state index is 0.170. The van der Waals surface area contributed by atoms with Gasteiger partial charge in [-0.05, 0) is 42.6 Å². The molecule has 30 heavy (non-hydrogen) atoms. The Labute approximate surface area is 175 Å². The van der Waals surface area contributed by atoms with Gasteiger partial charge < -0.3 is 4.74 Å². The van der Waals surface area contributed by atoms with E-state index in [1.165, 1.54) is 23.2 Å². The van der Waals surface area contributed by atoms with Gasteiger partial charge in [-0.1, -0.05) is 25.1 Å². The number of nitrogens with zero attached hydrogens (tertiary/aromatic N) is 2. The number of hydrogen-bond donors (Lipinski definition) is 0. The van der Waals surface area contributed by atoms with Gasteiger partial charge in [-0.3, -0.25) is 4.90 Å². The first-order chi connectivity index (χ1) is 14.1. The number of thiophene rings is 1. The van der Waals surface area contributed by atoms with Gasteiger partial charge in [-0.2, -0.15) is 21.6 Å². The van der Waals surface area contributed by atoms with E-state index in [2.05, 4.69) is 4.74 Å². The second kappa shape index (κ2) is 8.40. The standard InChI is InChI=1S/C19H19F3N2O4S2/c1-3-23(13(2)28-18(25)19(20,21)22)12-14-6-4-7-16-15(14)9-10-24(16)30(26,27)17-8-5-11-29-17/h4-11,13H,3,12H2,1-2H3. The van der Waals surface area contributed by atoms with Gasteiger partial charge in [-0.15, -0.1) is 11.3 Å². The molecule has 1 unspecified atom stereocenters. The number of carbonyl (C=O) groups excluding carboxylic acids is 1. The van der Waals surface area contributed by atoms with E-state index < -0.39 is 28.4 Å². The summed E-state index contributed by atoms with van der Waals surface area (Å²) in [6.07, 6.45) is -4.73. The summed E-state index contributed by atoms with van der Waals surface area (Å²) >= 11 is 1.11. The van der Waals surface area contributed by atoms with E-state index in [4.69, 9.17) is 0 Å². The number of ether oxygens (including phenoxy) is 1. The first kappa shape index (κ1) is 22.3. The lowest BCUT2D eigenvalue weighted by molar-refractivity contribution is -0.211. The van der Waals surface area contributed by atoms with Crippen LogP contribution in [-0.2, 0) is 26.1 Å². The molecule has 6 nitrogen and oxygen atoms in total. The fourth-order valence-electron chi connectivity index (χ4n) is 3.07. The Morgan fingerprint density at radius 3 is 2.57 bits per heavy atom. The molecule has 162 valence electrons. The minimum atomic E-state index is -5.07. The first-order valence-electron chi connectivity index (χ1n) is 8.95. The average molecular weight is 460 g/mol. The van der Waals surface area contributed by atoms with Crippen LogP contribution in [0.25, 0.3) is 10.9 Å². The van der Waals surface area contributed by atoms with Crippen LogP contribution in [0.5, 0.6) is 0 Å². The average Bonchev–Trinajstić information content (AvgIpc) is 3.35. The van der Waals surface area contributed by atoms with Crippen LogP contribution in [0.4, 0.5) is 13.2 Å². The molecule has 0 amide bonds. The van der Waals surface area contributed by atoms with Crippen molar-refractivity contribution in [3.63, 3.8) is 0 Å². The summed E-state index contributed by atoms with van der Waals surface area (Å²) in [5, 5.41) is 2.32. The highest BCUT2D eigenvalue weighted by atomic mass is 32.2. The number of carbonyl (C=O) groups is 1. The Bertz CT molecular complexity index is 1140. The summed E-state index contributed by atoms with van der Waals surface area (Å²) in [6.45, 7) is 3.57. The SMILES string of the molecule is CCN(Cc1cccc2c1ccn2S(=O)(=O)c1cccs1)C(C)OC(=O)C(F)(F)F. The van der Waals surface area contributed by atoms with Gasteiger partial charge in [0.2, 0.25) is 0 Å². The molecule has 3 aromatic rings. The van der Waals surface area contributed by atoms with Crippen molar-refractivity contribution in [2.45, 2.75) is 37.0 Å². The van der Waals surface area contributed by atoms with Crippen molar-refractivity contribution in [2.24, 2.45) is 0 Å². The Kier molecular flexibility index (Phi) is 6.25. The van der Waals surface area contributed by atoms with Gasteiger partial charge in [0.15, 0.2) is 6.23 Å². The smallest absolute Gasteiger partial charge is 0.440 e. The number of fused-ring (bicyclic) bond motifs is 1. The third-order valence-corrected chi connectivity index (χ3v) is 7.66. The van der Waals surface area contributed by atoms with E-state index in [-0.39, 0.29) is 10.8 Å². The number of rotatable bonds is 7. The van der Waals surface area contributed by atoms with Crippen molar-refractivity contribution < 1.29 is 31.1 Å². The van der Waals surface area contributed by atoms with Gasteiger partial charge >= 0.3 is 12.1 Å². The molecule has 2 aromatic heterocycles. The van der Waals surface area contributed by atoms with E-state index in [0.29, 0.717) is 23.0 Å². The molecular formula is C19H19F3N2O4S2. The van der Waals surface area contributed by atoms with Crippen LogP contribution in [-0.4, -0.2) is 42.2 Å². The van der Waals surface area contributed by atoms with Crippen LogP contribution in [0.15, 0.2) is 52.2 Å². The molecule has 2 heterocycles. The first-order valence-corrected chi connectivity index (χ1v) is 11.3. The summed E-state index contributed by atoms with van der Waals surface area (Å²) in [5.41, 5.74) is 1.15. The van der Waals surface area contributed by atoms with Gasteiger partial charge in [-0.25, -0.2) is 8.77 Å². The van der Waals surface area contributed by atoms with Crippen molar-refractivity contribution in [3.05, 3.63) is 53.5 Å². The molecule has 0 fully saturated rings. The predicted octanol–water partition coefficient (Wildman–Crippen LogP) is 4.21. The topological polar surface area (TPSA) is 68.6 Å². The number of benzene rings is 1. The number of esters is 1. The molecule has 0 radical (unpaired) electrons. The van der Waals surface area contributed by atoms with Gasteiger partial charge in [0.1, 0.15) is 4.21 Å². The van der Waals surface area contributed by atoms with E-state index in [0.717, 1.165) is 11.3 Å². The molecule has 0 aliphatic heterocycles. The molecule has 0 saturated carbocycles. The summed E-state index contributed by atoms with van der Waals surface area (Å²) in [4.78, 5) is 12.7. The van der Waals surface area contributed by atoms with Gasteiger partial charge in [0, 0.05) is 18.1 Å². The minimum Gasteiger partial charge on any atom is -0.440 e. The van der Waals surface area contributed by atoms with Crippen molar-refractivity contribution in [1.29, 1.82) is 0 Å². The zero-order chi connectivity index (χ0) is 22.1. The Balaban J connectivity index is 1.90. The number of alkyl halides is 3. The summed E-state index contributed by atoms with van der Waals surface area (Å²) < 4.78 is 69.1. The second-order valence-corrected chi connectivity index (χ2v) is 9.45. The van der Waals surface area contributed by atoms with E-state index >= 15 is 0 Å². The molecule has 0 aliphatic carbocycles.